The maximum absolute atomic E-state index is 8.92. The molecule has 78 valence electrons. The number of halogens is 2. The van der Waals surface area contributed by atoms with Crippen molar-refractivity contribution in [2.75, 3.05) is 0 Å². The molecule has 0 aliphatic rings. The van der Waals surface area contributed by atoms with E-state index in [1.807, 2.05) is 18.2 Å². The fourth-order valence-electron chi connectivity index (χ4n) is 1.26. The Balaban J connectivity index is 2.48. The molecule has 0 aliphatic heterocycles. The predicted molar refractivity (Wildman–Crippen MR) is 67.7 cm³/mol. The van der Waals surface area contributed by atoms with E-state index in [0.29, 0.717) is 16.5 Å². The predicted octanol–water partition coefficient (Wildman–Crippen LogP) is 2.83. The minimum absolute atomic E-state index is 0.0471. The van der Waals surface area contributed by atoms with Crippen LogP contribution in [-0.2, 0) is 6.61 Å². The normalized spacial score (nSPS) is 10.6. The van der Waals surface area contributed by atoms with Crippen LogP contribution in [0.3, 0.4) is 0 Å². The maximum atomic E-state index is 8.92. The SMILES string of the molecule is OCc1cnc(-c2cc(I)ccc2Cl)[nH]1. The van der Waals surface area contributed by atoms with Crippen molar-refractivity contribution < 1.29 is 5.11 Å². The molecule has 1 aromatic carbocycles. The van der Waals surface area contributed by atoms with Gasteiger partial charge in [-0.05, 0) is 40.8 Å². The zero-order valence-corrected chi connectivity index (χ0v) is 10.6. The number of rotatable bonds is 2. The van der Waals surface area contributed by atoms with Crippen LogP contribution in [0.1, 0.15) is 5.69 Å². The summed E-state index contributed by atoms with van der Waals surface area (Å²) in [6.45, 7) is -0.0471. The van der Waals surface area contributed by atoms with E-state index in [4.69, 9.17) is 16.7 Å². The second-order valence-electron chi connectivity index (χ2n) is 3.04. The van der Waals surface area contributed by atoms with Crippen LogP contribution in [0.5, 0.6) is 0 Å². The highest BCUT2D eigenvalue weighted by molar-refractivity contribution is 14.1. The van der Waals surface area contributed by atoms with Crippen molar-refractivity contribution in [3.8, 4) is 11.4 Å². The van der Waals surface area contributed by atoms with E-state index < -0.39 is 0 Å². The lowest BCUT2D eigenvalue weighted by molar-refractivity contribution is 0.277. The lowest BCUT2D eigenvalue weighted by atomic mass is 10.2. The Bertz CT molecular complexity index is 484. The quantitative estimate of drug-likeness (QED) is 0.830. The number of aliphatic hydroxyl groups is 1. The van der Waals surface area contributed by atoms with E-state index in [0.717, 1.165) is 9.13 Å². The Kier molecular flexibility index (Phi) is 3.28. The third kappa shape index (κ3) is 2.32. The number of aromatic amines is 1. The summed E-state index contributed by atoms with van der Waals surface area (Å²) < 4.78 is 1.09. The van der Waals surface area contributed by atoms with Crippen molar-refractivity contribution in [2.24, 2.45) is 0 Å². The standard InChI is InChI=1S/C10H8ClIN2O/c11-9-2-1-6(12)3-8(9)10-13-4-7(5-15)14-10/h1-4,15H,5H2,(H,13,14). The average molecular weight is 335 g/mol. The van der Waals surface area contributed by atoms with Crippen LogP contribution in [0.15, 0.2) is 24.4 Å². The second kappa shape index (κ2) is 4.51. The molecule has 0 amide bonds. The van der Waals surface area contributed by atoms with Gasteiger partial charge < -0.3 is 10.1 Å². The molecule has 1 heterocycles. The first-order chi connectivity index (χ1) is 7.20. The Labute approximate surface area is 106 Å². The molecule has 2 aromatic rings. The first-order valence-corrected chi connectivity index (χ1v) is 5.76. The molecule has 0 saturated heterocycles. The minimum atomic E-state index is -0.0471. The molecule has 5 heteroatoms. The van der Waals surface area contributed by atoms with Crippen LogP contribution in [0.25, 0.3) is 11.4 Å². The first-order valence-electron chi connectivity index (χ1n) is 4.31. The molecule has 0 atom stereocenters. The zero-order valence-electron chi connectivity index (χ0n) is 7.67. The number of nitrogens with one attached hydrogen (secondary N) is 1. The highest BCUT2D eigenvalue weighted by Gasteiger charge is 2.07. The maximum Gasteiger partial charge on any atom is 0.139 e. The van der Waals surface area contributed by atoms with Gasteiger partial charge in [0.2, 0.25) is 0 Å². The Morgan fingerprint density at radius 2 is 2.27 bits per heavy atom. The van der Waals surface area contributed by atoms with E-state index in [1.165, 1.54) is 0 Å². The van der Waals surface area contributed by atoms with E-state index in [1.54, 1.807) is 6.20 Å². The topological polar surface area (TPSA) is 48.9 Å². The van der Waals surface area contributed by atoms with Gasteiger partial charge in [-0.15, -0.1) is 0 Å². The van der Waals surface area contributed by atoms with Gasteiger partial charge in [0, 0.05) is 9.13 Å². The van der Waals surface area contributed by atoms with E-state index >= 15 is 0 Å². The summed E-state index contributed by atoms with van der Waals surface area (Å²) in [5, 5.41) is 9.56. The third-order valence-electron chi connectivity index (χ3n) is 1.98. The number of H-pyrrole nitrogens is 1. The van der Waals surface area contributed by atoms with E-state index in [9.17, 15) is 0 Å². The highest BCUT2D eigenvalue weighted by Crippen LogP contribution is 2.27. The molecule has 3 nitrogen and oxygen atoms in total. The van der Waals surface area contributed by atoms with Crippen LogP contribution in [0, 0.1) is 3.57 Å². The van der Waals surface area contributed by atoms with Crippen LogP contribution >= 0.6 is 34.2 Å². The molecule has 0 radical (unpaired) electrons. The summed E-state index contributed by atoms with van der Waals surface area (Å²) in [5.41, 5.74) is 1.53. The summed E-state index contributed by atoms with van der Waals surface area (Å²) in [5.74, 6) is 0.683. The van der Waals surface area contributed by atoms with Gasteiger partial charge >= 0.3 is 0 Å². The van der Waals surface area contributed by atoms with Crippen molar-refractivity contribution in [1.29, 1.82) is 0 Å². The number of nitrogens with zero attached hydrogens (tertiary/aromatic N) is 1. The average Bonchev–Trinajstić information content (AvgIpc) is 2.70. The molecule has 15 heavy (non-hydrogen) atoms. The number of benzene rings is 1. The van der Waals surface area contributed by atoms with E-state index in [-0.39, 0.29) is 6.61 Å². The van der Waals surface area contributed by atoms with Gasteiger partial charge in [0.25, 0.3) is 0 Å². The van der Waals surface area contributed by atoms with Crippen LogP contribution in [0.4, 0.5) is 0 Å². The van der Waals surface area contributed by atoms with Gasteiger partial charge in [-0.25, -0.2) is 4.98 Å². The van der Waals surface area contributed by atoms with Gasteiger partial charge in [0.15, 0.2) is 0 Å². The Morgan fingerprint density at radius 1 is 1.47 bits per heavy atom. The number of aromatic nitrogens is 2. The molecule has 0 aliphatic carbocycles. The number of imidazole rings is 1. The van der Waals surface area contributed by atoms with Crippen LogP contribution in [-0.4, -0.2) is 15.1 Å². The van der Waals surface area contributed by atoms with Crippen molar-refractivity contribution in [1.82, 2.24) is 9.97 Å². The first kappa shape index (κ1) is 10.9. The van der Waals surface area contributed by atoms with Crippen molar-refractivity contribution in [3.63, 3.8) is 0 Å². The number of hydrogen-bond acceptors (Lipinski definition) is 2. The second-order valence-corrected chi connectivity index (χ2v) is 4.69. The lowest BCUT2D eigenvalue weighted by Gasteiger charge is -2.01. The molecule has 0 saturated carbocycles. The molecule has 0 bridgehead atoms. The molecule has 0 unspecified atom stereocenters. The summed E-state index contributed by atoms with van der Waals surface area (Å²) >= 11 is 8.27. The van der Waals surface area contributed by atoms with Crippen molar-refractivity contribution in [3.05, 3.63) is 38.7 Å². The van der Waals surface area contributed by atoms with Gasteiger partial charge in [0.05, 0.1) is 23.5 Å². The largest absolute Gasteiger partial charge is 0.390 e. The number of aliphatic hydroxyl groups excluding tert-OH is 1. The summed E-state index contributed by atoms with van der Waals surface area (Å²) in [4.78, 5) is 7.15. The molecule has 2 rings (SSSR count). The van der Waals surface area contributed by atoms with Crippen LogP contribution < -0.4 is 0 Å². The Morgan fingerprint density at radius 3 is 2.93 bits per heavy atom. The van der Waals surface area contributed by atoms with E-state index in [2.05, 4.69) is 32.6 Å². The lowest BCUT2D eigenvalue weighted by Crippen LogP contribution is -1.85. The van der Waals surface area contributed by atoms with Crippen LogP contribution in [0.2, 0.25) is 5.02 Å². The smallest absolute Gasteiger partial charge is 0.139 e. The minimum Gasteiger partial charge on any atom is -0.390 e. The van der Waals surface area contributed by atoms with Gasteiger partial charge in [-0.1, -0.05) is 11.6 Å². The monoisotopic (exact) mass is 334 g/mol. The van der Waals surface area contributed by atoms with Crippen molar-refractivity contribution >= 4 is 34.2 Å². The summed E-state index contributed by atoms with van der Waals surface area (Å²) in [7, 11) is 0. The third-order valence-corrected chi connectivity index (χ3v) is 2.98. The zero-order chi connectivity index (χ0) is 10.8. The summed E-state index contributed by atoms with van der Waals surface area (Å²) in [6, 6.07) is 5.71. The molecule has 0 fully saturated rings. The molecule has 1 aromatic heterocycles. The van der Waals surface area contributed by atoms with Gasteiger partial charge in [0.1, 0.15) is 5.82 Å². The fourth-order valence-corrected chi connectivity index (χ4v) is 1.95. The van der Waals surface area contributed by atoms with Gasteiger partial charge in [-0.2, -0.15) is 0 Å². The molecule has 0 spiro atoms. The highest BCUT2D eigenvalue weighted by atomic mass is 127. The Hall–Kier alpha value is -0.590. The molecular weight excluding hydrogens is 326 g/mol. The molecular formula is C10H8ClIN2O. The van der Waals surface area contributed by atoms with Crippen molar-refractivity contribution in [2.45, 2.75) is 6.61 Å². The summed E-state index contributed by atoms with van der Waals surface area (Å²) in [6.07, 6.45) is 1.60. The fraction of sp³-hybridized carbons (Fsp3) is 0.100. The molecule has 2 N–H and O–H groups in total. The van der Waals surface area contributed by atoms with Gasteiger partial charge in [-0.3, -0.25) is 0 Å². The number of hydrogen-bond donors (Lipinski definition) is 2.